The summed E-state index contributed by atoms with van der Waals surface area (Å²) in [7, 11) is 0. The molecular weight excluding hydrogens is 196 g/mol. The number of rotatable bonds is 0. The zero-order chi connectivity index (χ0) is 8.01. The monoisotopic (exact) mass is 202 g/mol. The summed E-state index contributed by atoms with van der Waals surface area (Å²) in [5, 5.41) is 0. The molecule has 2 rings (SSSR count). The van der Waals surface area contributed by atoms with E-state index in [1.807, 2.05) is 17.4 Å². The molecule has 0 aliphatic rings. The van der Waals surface area contributed by atoms with Crippen LogP contribution in [0.4, 0.5) is 0 Å². The summed E-state index contributed by atoms with van der Waals surface area (Å²) in [6, 6.07) is 2.05. The summed E-state index contributed by atoms with van der Waals surface area (Å²) >= 11 is 9.37. The SMILES string of the molecule is Cc1sc2cc(Cl)sc2c1C. The number of hydrogen-bond donors (Lipinski definition) is 0. The lowest BCUT2D eigenvalue weighted by molar-refractivity contribution is 1.48. The van der Waals surface area contributed by atoms with Gasteiger partial charge in [0.25, 0.3) is 0 Å². The van der Waals surface area contributed by atoms with Crippen LogP contribution in [0, 0.1) is 13.8 Å². The highest BCUT2D eigenvalue weighted by Gasteiger charge is 2.07. The summed E-state index contributed by atoms with van der Waals surface area (Å²) in [5.41, 5.74) is 1.39. The quantitative estimate of drug-likeness (QED) is 0.600. The second kappa shape index (κ2) is 2.47. The molecule has 0 bridgehead atoms. The van der Waals surface area contributed by atoms with Gasteiger partial charge in [0.1, 0.15) is 0 Å². The summed E-state index contributed by atoms with van der Waals surface area (Å²) in [6.07, 6.45) is 0. The highest BCUT2D eigenvalue weighted by Crippen LogP contribution is 2.38. The lowest BCUT2D eigenvalue weighted by atomic mass is 10.3. The third kappa shape index (κ3) is 1.10. The predicted octanol–water partition coefficient (Wildman–Crippen LogP) is 4.23. The molecule has 2 aromatic heterocycles. The molecule has 0 amide bonds. The smallest absolute Gasteiger partial charge is 0.0949 e. The maximum atomic E-state index is 5.87. The fourth-order valence-electron chi connectivity index (χ4n) is 1.08. The van der Waals surface area contributed by atoms with E-state index in [-0.39, 0.29) is 0 Å². The molecule has 2 aromatic rings. The molecule has 0 radical (unpaired) electrons. The Balaban J connectivity index is 2.88. The van der Waals surface area contributed by atoms with Crippen LogP contribution >= 0.6 is 34.3 Å². The van der Waals surface area contributed by atoms with Crippen LogP contribution in [0.1, 0.15) is 10.4 Å². The van der Waals surface area contributed by atoms with E-state index in [2.05, 4.69) is 13.8 Å². The van der Waals surface area contributed by atoms with Crippen LogP contribution in [-0.2, 0) is 0 Å². The minimum atomic E-state index is 0.898. The van der Waals surface area contributed by atoms with Crippen molar-refractivity contribution in [2.24, 2.45) is 0 Å². The Morgan fingerprint density at radius 2 is 2.00 bits per heavy atom. The molecule has 0 aliphatic carbocycles. The minimum Gasteiger partial charge on any atom is -0.139 e. The number of aryl methyl sites for hydroxylation is 2. The second-order valence-electron chi connectivity index (χ2n) is 2.53. The van der Waals surface area contributed by atoms with Gasteiger partial charge in [0.2, 0.25) is 0 Å². The normalized spacial score (nSPS) is 11.2. The van der Waals surface area contributed by atoms with Gasteiger partial charge in [-0.3, -0.25) is 0 Å². The molecule has 11 heavy (non-hydrogen) atoms. The topological polar surface area (TPSA) is 0 Å². The zero-order valence-corrected chi connectivity index (χ0v) is 8.66. The van der Waals surface area contributed by atoms with E-state index in [1.54, 1.807) is 11.3 Å². The van der Waals surface area contributed by atoms with Crippen molar-refractivity contribution in [1.29, 1.82) is 0 Å². The van der Waals surface area contributed by atoms with E-state index >= 15 is 0 Å². The van der Waals surface area contributed by atoms with Gasteiger partial charge in [-0.15, -0.1) is 22.7 Å². The lowest BCUT2D eigenvalue weighted by Crippen LogP contribution is -1.64. The molecule has 0 nitrogen and oxygen atoms in total. The Morgan fingerprint density at radius 3 is 2.64 bits per heavy atom. The van der Waals surface area contributed by atoms with Gasteiger partial charge in [-0.2, -0.15) is 0 Å². The molecular formula is C8H7ClS2. The number of thiophene rings is 2. The van der Waals surface area contributed by atoms with Crippen molar-refractivity contribution in [1.82, 2.24) is 0 Å². The largest absolute Gasteiger partial charge is 0.139 e. The molecule has 2 heterocycles. The Morgan fingerprint density at radius 1 is 1.27 bits per heavy atom. The van der Waals surface area contributed by atoms with Crippen molar-refractivity contribution in [2.75, 3.05) is 0 Å². The van der Waals surface area contributed by atoms with E-state index in [0.29, 0.717) is 0 Å². The van der Waals surface area contributed by atoms with Crippen LogP contribution in [0.15, 0.2) is 6.07 Å². The van der Waals surface area contributed by atoms with Gasteiger partial charge in [-0.05, 0) is 25.5 Å². The first-order valence-electron chi connectivity index (χ1n) is 3.33. The third-order valence-electron chi connectivity index (χ3n) is 1.80. The Labute approximate surface area is 78.4 Å². The number of halogens is 1. The summed E-state index contributed by atoms with van der Waals surface area (Å²) in [6.45, 7) is 4.31. The van der Waals surface area contributed by atoms with Crippen LogP contribution in [0.5, 0.6) is 0 Å². The van der Waals surface area contributed by atoms with Crippen LogP contribution in [0.2, 0.25) is 4.34 Å². The molecule has 0 aromatic carbocycles. The van der Waals surface area contributed by atoms with Crippen molar-refractivity contribution in [3.8, 4) is 0 Å². The summed E-state index contributed by atoms with van der Waals surface area (Å²) < 4.78 is 3.59. The van der Waals surface area contributed by atoms with Crippen molar-refractivity contribution >= 4 is 43.7 Å². The fourth-order valence-corrected chi connectivity index (χ4v) is 3.72. The van der Waals surface area contributed by atoms with E-state index in [1.165, 1.54) is 19.8 Å². The van der Waals surface area contributed by atoms with E-state index in [4.69, 9.17) is 11.6 Å². The molecule has 0 atom stereocenters. The molecule has 58 valence electrons. The van der Waals surface area contributed by atoms with Crippen molar-refractivity contribution in [3.63, 3.8) is 0 Å². The minimum absolute atomic E-state index is 0.898. The van der Waals surface area contributed by atoms with E-state index in [0.717, 1.165) is 4.34 Å². The first kappa shape index (κ1) is 7.59. The van der Waals surface area contributed by atoms with Crippen LogP contribution in [0.3, 0.4) is 0 Å². The van der Waals surface area contributed by atoms with Crippen molar-refractivity contribution in [2.45, 2.75) is 13.8 Å². The van der Waals surface area contributed by atoms with Gasteiger partial charge in [0.05, 0.1) is 4.34 Å². The molecule has 0 aliphatic heterocycles. The molecule has 0 saturated heterocycles. The molecule has 0 N–H and O–H groups in total. The van der Waals surface area contributed by atoms with Gasteiger partial charge in [-0.25, -0.2) is 0 Å². The molecule has 0 unspecified atom stereocenters. The third-order valence-corrected chi connectivity index (χ3v) is 4.47. The Hall–Kier alpha value is -0.0500. The van der Waals surface area contributed by atoms with Gasteiger partial charge >= 0.3 is 0 Å². The average molecular weight is 203 g/mol. The van der Waals surface area contributed by atoms with E-state index < -0.39 is 0 Å². The van der Waals surface area contributed by atoms with Crippen LogP contribution in [-0.4, -0.2) is 0 Å². The van der Waals surface area contributed by atoms with Crippen molar-refractivity contribution < 1.29 is 0 Å². The highest BCUT2D eigenvalue weighted by molar-refractivity contribution is 7.30. The molecule has 0 saturated carbocycles. The number of hydrogen-bond acceptors (Lipinski definition) is 2. The van der Waals surface area contributed by atoms with Crippen LogP contribution in [0.25, 0.3) is 9.40 Å². The van der Waals surface area contributed by atoms with Gasteiger partial charge in [-0.1, -0.05) is 11.6 Å². The van der Waals surface area contributed by atoms with Gasteiger partial charge < -0.3 is 0 Å². The lowest BCUT2D eigenvalue weighted by Gasteiger charge is -1.84. The predicted molar refractivity (Wildman–Crippen MR) is 54.2 cm³/mol. The van der Waals surface area contributed by atoms with E-state index in [9.17, 15) is 0 Å². The van der Waals surface area contributed by atoms with Crippen LogP contribution < -0.4 is 0 Å². The fraction of sp³-hybridized carbons (Fsp3) is 0.250. The number of fused-ring (bicyclic) bond motifs is 1. The Kier molecular flexibility index (Phi) is 1.71. The summed E-state index contributed by atoms with van der Waals surface area (Å²) in [5.74, 6) is 0. The first-order valence-corrected chi connectivity index (χ1v) is 5.34. The second-order valence-corrected chi connectivity index (χ2v) is 5.47. The highest BCUT2D eigenvalue weighted by atomic mass is 35.5. The zero-order valence-electron chi connectivity index (χ0n) is 6.27. The maximum Gasteiger partial charge on any atom is 0.0949 e. The average Bonchev–Trinajstić information content (AvgIpc) is 2.37. The van der Waals surface area contributed by atoms with Gasteiger partial charge in [0, 0.05) is 14.3 Å². The summed E-state index contributed by atoms with van der Waals surface area (Å²) in [4.78, 5) is 1.41. The standard InChI is InChI=1S/C8H7ClS2/c1-4-5(2)10-6-3-7(9)11-8(4)6/h3H,1-2H3. The molecule has 3 heteroatoms. The first-order chi connectivity index (χ1) is 5.18. The van der Waals surface area contributed by atoms with Gasteiger partial charge in [0.15, 0.2) is 0 Å². The van der Waals surface area contributed by atoms with Crippen molar-refractivity contribution in [3.05, 3.63) is 20.8 Å². The molecule has 0 fully saturated rings. The Bertz CT molecular complexity index is 397. The molecule has 0 spiro atoms. The maximum absolute atomic E-state index is 5.87.